The molecule has 0 radical (unpaired) electrons. The fraction of sp³-hybridized carbons (Fsp3) is 0.409. The van der Waals surface area contributed by atoms with E-state index >= 15 is 0 Å². The highest BCUT2D eigenvalue weighted by Gasteiger charge is 2.39. The molecule has 1 aliphatic carbocycles. The molecule has 27 heavy (non-hydrogen) atoms. The van der Waals surface area contributed by atoms with E-state index in [2.05, 4.69) is 17.4 Å². The van der Waals surface area contributed by atoms with Crippen LogP contribution in [0.25, 0.3) is 0 Å². The first-order chi connectivity index (χ1) is 13.1. The van der Waals surface area contributed by atoms with Gasteiger partial charge >= 0.3 is 0 Å². The zero-order chi connectivity index (χ0) is 19.2. The van der Waals surface area contributed by atoms with Gasteiger partial charge in [0.1, 0.15) is 18.0 Å². The molecule has 2 aromatic carbocycles. The quantitative estimate of drug-likeness (QED) is 0.710. The molecule has 1 unspecified atom stereocenters. The van der Waals surface area contributed by atoms with Crippen molar-refractivity contribution < 1.29 is 19.2 Å². The Hall–Kier alpha value is -2.53. The predicted octanol–water partition coefficient (Wildman–Crippen LogP) is 1.96. The van der Waals surface area contributed by atoms with E-state index in [1.165, 1.54) is 23.3 Å². The molecule has 0 spiro atoms. The van der Waals surface area contributed by atoms with Crippen LogP contribution < -0.4 is 19.7 Å². The molecule has 2 N–H and O–H groups in total. The van der Waals surface area contributed by atoms with Crippen molar-refractivity contribution >= 4 is 5.91 Å². The molecule has 0 bridgehead atoms. The second-order valence-electron chi connectivity index (χ2n) is 7.16. The van der Waals surface area contributed by atoms with Crippen LogP contribution >= 0.6 is 0 Å². The van der Waals surface area contributed by atoms with Crippen LogP contribution in [0.4, 0.5) is 0 Å². The minimum Gasteiger partial charge on any atom is -0.497 e. The minimum absolute atomic E-state index is 0.0853. The SMILES string of the molecule is COc1ccc(CNC(=O)[C@@H](C)[NH+](Cc2ccc(OC)cc2)C2CC2)cc1. The summed E-state index contributed by atoms with van der Waals surface area (Å²) in [5.74, 6) is 1.78. The van der Waals surface area contributed by atoms with Crippen molar-refractivity contribution in [2.75, 3.05) is 14.2 Å². The third-order valence-electron chi connectivity index (χ3n) is 5.24. The van der Waals surface area contributed by atoms with Crippen molar-refractivity contribution in [1.82, 2.24) is 5.32 Å². The van der Waals surface area contributed by atoms with Gasteiger partial charge in [0.2, 0.25) is 0 Å². The number of hydrogen-bond donors (Lipinski definition) is 2. The van der Waals surface area contributed by atoms with Crippen molar-refractivity contribution in [3.63, 3.8) is 0 Å². The molecule has 0 heterocycles. The van der Waals surface area contributed by atoms with E-state index in [9.17, 15) is 4.79 Å². The second-order valence-corrected chi connectivity index (χ2v) is 7.16. The summed E-state index contributed by atoms with van der Waals surface area (Å²) in [5.41, 5.74) is 2.30. The van der Waals surface area contributed by atoms with Gasteiger partial charge in [-0.1, -0.05) is 12.1 Å². The number of carbonyl (C=O) groups is 1. The Labute approximate surface area is 161 Å². The molecule has 2 atom stereocenters. The zero-order valence-corrected chi connectivity index (χ0v) is 16.3. The average molecular weight is 369 g/mol. The highest BCUT2D eigenvalue weighted by Crippen LogP contribution is 2.17. The third-order valence-corrected chi connectivity index (χ3v) is 5.24. The van der Waals surface area contributed by atoms with Gasteiger partial charge in [0.05, 0.1) is 20.3 Å². The first kappa shape index (κ1) is 19.2. The van der Waals surface area contributed by atoms with Crippen LogP contribution in [0.15, 0.2) is 48.5 Å². The second kappa shape index (κ2) is 8.91. The lowest BCUT2D eigenvalue weighted by molar-refractivity contribution is -0.938. The predicted molar refractivity (Wildman–Crippen MR) is 105 cm³/mol. The number of carbonyl (C=O) groups excluding carboxylic acids is 1. The van der Waals surface area contributed by atoms with E-state index in [0.717, 1.165) is 23.6 Å². The highest BCUT2D eigenvalue weighted by atomic mass is 16.5. The highest BCUT2D eigenvalue weighted by molar-refractivity contribution is 5.79. The molecule has 0 aliphatic heterocycles. The molecule has 2 aromatic rings. The summed E-state index contributed by atoms with van der Waals surface area (Å²) < 4.78 is 10.4. The van der Waals surface area contributed by atoms with E-state index in [-0.39, 0.29) is 11.9 Å². The van der Waals surface area contributed by atoms with Crippen molar-refractivity contribution in [2.24, 2.45) is 0 Å². The summed E-state index contributed by atoms with van der Waals surface area (Å²) in [6, 6.07) is 16.4. The van der Waals surface area contributed by atoms with E-state index in [0.29, 0.717) is 12.6 Å². The van der Waals surface area contributed by atoms with E-state index in [4.69, 9.17) is 9.47 Å². The van der Waals surface area contributed by atoms with Crippen LogP contribution in [-0.4, -0.2) is 32.2 Å². The Bertz CT molecular complexity index is 739. The van der Waals surface area contributed by atoms with Gasteiger partial charge in [-0.15, -0.1) is 0 Å². The number of quaternary nitrogens is 1. The Kier molecular flexibility index (Phi) is 6.35. The van der Waals surface area contributed by atoms with Crippen LogP contribution in [0.3, 0.4) is 0 Å². The van der Waals surface area contributed by atoms with Crippen LogP contribution in [0.5, 0.6) is 11.5 Å². The molecular weight excluding hydrogens is 340 g/mol. The summed E-state index contributed by atoms with van der Waals surface area (Å²) >= 11 is 0. The van der Waals surface area contributed by atoms with Crippen LogP contribution in [0, 0.1) is 0 Å². The topological polar surface area (TPSA) is 52.0 Å². The van der Waals surface area contributed by atoms with Crippen LogP contribution in [-0.2, 0) is 17.9 Å². The number of methoxy groups -OCH3 is 2. The van der Waals surface area contributed by atoms with Gasteiger partial charge < -0.3 is 19.7 Å². The lowest BCUT2D eigenvalue weighted by Crippen LogP contribution is -3.16. The first-order valence-corrected chi connectivity index (χ1v) is 9.50. The van der Waals surface area contributed by atoms with Gasteiger partial charge in [0, 0.05) is 24.9 Å². The standard InChI is InChI=1S/C22H28N2O3/c1-16(22(25)23-14-17-4-10-20(26-2)11-5-17)24(19-8-9-19)15-18-6-12-21(27-3)13-7-18/h4-7,10-13,16,19H,8-9,14-15H2,1-3H3,(H,23,25)/p+1/t16-/m1/s1. The number of nitrogens with one attached hydrogen (secondary N) is 2. The van der Waals surface area contributed by atoms with Crippen molar-refractivity contribution in [2.45, 2.75) is 44.9 Å². The molecule has 5 nitrogen and oxygen atoms in total. The lowest BCUT2D eigenvalue weighted by atomic mass is 10.1. The summed E-state index contributed by atoms with van der Waals surface area (Å²) in [6.45, 7) is 3.42. The number of rotatable bonds is 9. The number of ether oxygens (including phenoxy) is 2. The molecular formula is C22H29N2O3+. The lowest BCUT2D eigenvalue weighted by Gasteiger charge is -2.25. The molecule has 0 aromatic heterocycles. The fourth-order valence-electron chi connectivity index (χ4n) is 3.34. The average Bonchev–Trinajstić information content (AvgIpc) is 3.55. The van der Waals surface area contributed by atoms with E-state index in [1.54, 1.807) is 14.2 Å². The van der Waals surface area contributed by atoms with Gasteiger partial charge in [0.25, 0.3) is 5.91 Å². The van der Waals surface area contributed by atoms with E-state index < -0.39 is 0 Å². The normalized spacial score (nSPS) is 15.7. The maximum atomic E-state index is 12.7. The molecule has 1 saturated carbocycles. The molecule has 5 heteroatoms. The van der Waals surface area contributed by atoms with Gasteiger partial charge in [-0.3, -0.25) is 4.79 Å². The number of amides is 1. The van der Waals surface area contributed by atoms with Crippen molar-refractivity contribution in [3.8, 4) is 11.5 Å². The Morgan fingerprint density at radius 2 is 1.52 bits per heavy atom. The monoisotopic (exact) mass is 369 g/mol. The molecule has 1 amide bonds. The maximum Gasteiger partial charge on any atom is 0.278 e. The van der Waals surface area contributed by atoms with E-state index in [1.807, 2.05) is 43.3 Å². The number of hydrogen-bond acceptors (Lipinski definition) is 3. The molecule has 0 saturated heterocycles. The molecule has 144 valence electrons. The largest absolute Gasteiger partial charge is 0.497 e. The van der Waals surface area contributed by atoms with Crippen molar-refractivity contribution in [1.29, 1.82) is 0 Å². The third kappa shape index (κ3) is 5.23. The maximum absolute atomic E-state index is 12.7. The first-order valence-electron chi connectivity index (χ1n) is 9.50. The summed E-state index contributed by atoms with van der Waals surface area (Å²) in [7, 11) is 3.32. The molecule has 1 fully saturated rings. The Morgan fingerprint density at radius 3 is 2.00 bits per heavy atom. The van der Waals surface area contributed by atoms with Gasteiger partial charge in [0.15, 0.2) is 6.04 Å². The van der Waals surface area contributed by atoms with Gasteiger partial charge in [-0.05, 0) is 48.9 Å². The fourth-order valence-corrected chi connectivity index (χ4v) is 3.34. The summed E-state index contributed by atoms with van der Waals surface area (Å²) in [6.07, 6.45) is 2.39. The summed E-state index contributed by atoms with van der Waals surface area (Å²) in [4.78, 5) is 14.1. The number of benzene rings is 2. The molecule has 3 rings (SSSR count). The Morgan fingerprint density at radius 1 is 1.00 bits per heavy atom. The zero-order valence-electron chi connectivity index (χ0n) is 16.3. The van der Waals surface area contributed by atoms with Gasteiger partial charge in [-0.25, -0.2) is 0 Å². The Balaban J connectivity index is 1.58. The summed E-state index contributed by atoms with van der Waals surface area (Å²) in [5, 5.41) is 3.08. The minimum atomic E-state index is -0.0853. The van der Waals surface area contributed by atoms with Crippen molar-refractivity contribution in [3.05, 3.63) is 59.7 Å². The smallest absolute Gasteiger partial charge is 0.278 e. The molecule has 1 aliphatic rings. The van der Waals surface area contributed by atoms with Crippen LogP contribution in [0.2, 0.25) is 0 Å². The van der Waals surface area contributed by atoms with Gasteiger partial charge in [-0.2, -0.15) is 0 Å². The van der Waals surface area contributed by atoms with Crippen LogP contribution in [0.1, 0.15) is 30.9 Å².